The first-order chi connectivity index (χ1) is 9.78. The molecule has 0 aliphatic rings. The highest BCUT2D eigenvalue weighted by molar-refractivity contribution is 9.10. The summed E-state index contributed by atoms with van der Waals surface area (Å²) in [5.74, 6) is 0. The topological polar surface area (TPSA) is 42.1 Å². The average Bonchev–Trinajstić information content (AvgIpc) is 2.48. The summed E-state index contributed by atoms with van der Waals surface area (Å²) < 4.78 is 1.01. The molecule has 4 heteroatoms. The molecule has 20 heavy (non-hydrogen) atoms. The first kappa shape index (κ1) is 15.2. The van der Waals surface area contributed by atoms with Crippen LogP contribution in [0.1, 0.15) is 11.3 Å². The third kappa shape index (κ3) is 5.04. The van der Waals surface area contributed by atoms with Gasteiger partial charge in [-0.3, -0.25) is 9.88 Å². The highest BCUT2D eigenvalue weighted by atomic mass is 79.9. The van der Waals surface area contributed by atoms with E-state index in [9.17, 15) is 0 Å². The van der Waals surface area contributed by atoms with Gasteiger partial charge in [0, 0.05) is 36.8 Å². The second-order valence-electron chi connectivity index (χ2n) is 4.77. The Labute approximate surface area is 129 Å². The fourth-order valence-corrected chi connectivity index (χ4v) is 2.35. The molecule has 0 aliphatic heterocycles. The van der Waals surface area contributed by atoms with Crippen LogP contribution in [0.4, 0.5) is 0 Å². The highest BCUT2D eigenvalue weighted by Gasteiger charge is 2.06. The van der Waals surface area contributed by atoms with Gasteiger partial charge in [-0.2, -0.15) is 0 Å². The van der Waals surface area contributed by atoms with Gasteiger partial charge in [0.25, 0.3) is 0 Å². The summed E-state index contributed by atoms with van der Waals surface area (Å²) in [6.45, 7) is 3.41. The summed E-state index contributed by atoms with van der Waals surface area (Å²) >= 11 is 3.41. The molecule has 0 atom stereocenters. The van der Waals surface area contributed by atoms with E-state index in [4.69, 9.17) is 5.73 Å². The van der Waals surface area contributed by atoms with Crippen molar-refractivity contribution in [1.29, 1.82) is 0 Å². The summed E-state index contributed by atoms with van der Waals surface area (Å²) in [5, 5.41) is 0. The molecule has 0 aliphatic carbocycles. The van der Waals surface area contributed by atoms with Gasteiger partial charge < -0.3 is 5.73 Å². The Morgan fingerprint density at radius 1 is 1.05 bits per heavy atom. The van der Waals surface area contributed by atoms with Crippen LogP contribution in [0.3, 0.4) is 0 Å². The Morgan fingerprint density at radius 3 is 2.50 bits per heavy atom. The quantitative estimate of drug-likeness (QED) is 0.847. The standard InChI is InChI=1S/C16H20BrN3/c17-15-6-7-16(19-12-15)13-20(11-9-18)10-8-14-4-2-1-3-5-14/h1-7,12H,8-11,13,18H2. The van der Waals surface area contributed by atoms with Gasteiger partial charge >= 0.3 is 0 Å². The zero-order chi connectivity index (χ0) is 14.2. The van der Waals surface area contributed by atoms with Crippen LogP contribution >= 0.6 is 15.9 Å². The second kappa shape index (κ2) is 8.15. The van der Waals surface area contributed by atoms with Crippen molar-refractivity contribution in [3.8, 4) is 0 Å². The Balaban J connectivity index is 1.91. The molecule has 2 N–H and O–H groups in total. The minimum atomic E-state index is 0.672. The van der Waals surface area contributed by atoms with Crippen molar-refractivity contribution >= 4 is 15.9 Å². The number of nitrogens with two attached hydrogens (primary N) is 1. The third-order valence-electron chi connectivity index (χ3n) is 3.18. The van der Waals surface area contributed by atoms with Crippen LogP contribution < -0.4 is 5.73 Å². The number of aromatic nitrogens is 1. The van der Waals surface area contributed by atoms with Crippen molar-refractivity contribution in [3.63, 3.8) is 0 Å². The van der Waals surface area contributed by atoms with Crippen LogP contribution in [-0.2, 0) is 13.0 Å². The van der Waals surface area contributed by atoms with Crippen molar-refractivity contribution in [2.24, 2.45) is 5.73 Å². The number of rotatable bonds is 7. The summed E-state index contributed by atoms with van der Waals surface area (Å²) in [6, 6.07) is 14.6. The Morgan fingerprint density at radius 2 is 1.85 bits per heavy atom. The van der Waals surface area contributed by atoms with Crippen molar-refractivity contribution in [2.75, 3.05) is 19.6 Å². The zero-order valence-electron chi connectivity index (χ0n) is 11.5. The van der Waals surface area contributed by atoms with E-state index in [1.54, 1.807) is 0 Å². The van der Waals surface area contributed by atoms with Crippen LogP contribution in [0.5, 0.6) is 0 Å². The minimum absolute atomic E-state index is 0.672. The first-order valence-corrected chi connectivity index (χ1v) is 7.64. The van der Waals surface area contributed by atoms with Gasteiger partial charge in [-0.05, 0) is 40.0 Å². The van der Waals surface area contributed by atoms with Crippen LogP contribution in [0.25, 0.3) is 0 Å². The number of benzene rings is 1. The van der Waals surface area contributed by atoms with E-state index in [1.807, 2.05) is 18.3 Å². The molecule has 0 bridgehead atoms. The molecule has 1 aromatic heterocycles. The van der Waals surface area contributed by atoms with Gasteiger partial charge in [-0.1, -0.05) is 30.3 Å². The number of halogens is 1. The number of hydrogen-bond donors (Lipinski definition) is 1. The fourth-order valence-electron chi connectivity index (χ4n) is 2.11. The van der Waals surface area contributed by atoms with Crippen molar-refractivity contribution in [2.45, 2.75) is 13.0 Å². The van der Waals surface area contributed by atoms with Crippen LogP contribution in [0.2, 0.25) is 0 Å². The third-order valence-corrected chi connectivity index (χ3v) is 3.65. The smallest absolute Gasteiger partial charge is 0.0544 e. The lowest BCUT2D eigenvalue weighted by molar-refractivity contribution is 0.273. The SMILES string of the molecule is NCCN(CCc1ccccc1)Cc1ccc(Br)cn1. The monoisotopic (exact) mass is 333 g/mol. The molecular weight excluding hydrogens is 314 g/mol. The molecule has 0 spiro atoms. The molecular formula is C16H20BrN3. The van der Waals surface area contributed by atoms with E-state index in [2.05, 4.69) is 56.1 Å². The maximum absolute atomic E-state index is 5.71. The van der Waals surface area contributed by atoms with E-state index < -0.39 is 0 Å². The normalized spacial score (nSPS) is 10.9. The summed E-state index contributed by atoms with van der Waals surface area (Å²) in [6.07, 6.45) is 2.88. The Bertz CT molecular complexity index is 499. The first-order valence-electron chi connectivity index (χ1n) is 6.84. The molecule has 3 nitrogen and oxygen atoms in total. The van der Waals surface area contributed by atoms with E-state index in [0.29, 0.717) is 6.54 Å². The van der Waals surface area contributed by atoms with E-state index in [-0.39, 0.29) is 0 Å². The molecule has 0 radical (unpaired) electrons. The molecule has 0 saturated carbocycles. The number of hydrogen-bond acceptors (Lipinski definition) is 3. The van der Waals surface area contributed by atoms with E-state index in [1.165, 1.54) is 5.56 Å². The highest BCUT2D eigenvalue weighted by Crippen LogP contribution is 2.10. The lowest BCUT2D eigenvalue weighted by atomic mass is 10.1. The lowest BCUT2D eigenvalue weighted by Gasteiger charge is -2.21. The minimum Gasteiger partial charge on any atom is -0.329 e. The molecule has 0 amide bonds. The van der Waals surface area contributed by atoms with Gasteiger partial charge in [0.05, 0.1) is 5.69 Å². The summed E-state index contributed by atoms with van der Waals surface area (Å²) in [7, 11) is 0. The predicted molar refractivity (Wildman–Crippen MR) is 86.4 cm³/mol. The van der Waals surface area contributed by atoms with Gasteiger partial charge in [-0.15, -0.1) is 0 Å². The van der Waals surface area contributed by atoms with Crippen molar-refractivity contribution < 1.29 is 0 Å². The molecule has 0 unspecified atom stereocenters. The van der Waals surface area contributed by atoms with Crippen LogP contribution in [0, 0.1) is 0 Å². The van der Waals surface area contributed by atoms with E-state index >= 15 is 0 Å². The van der Waals surface area contributed by atoms with Gasteiger partial charge in [0.15, 0.2) is 0 Å². The van der Waals surface area contributed by atoms with Crippen molar-refractivity contribution in [3.05, 3.63) is 64.4 Å². The molecule has 2 rings (SSSR count). The predicted octanol–water partition coefficient (Wildman–Crippen LogP) is 2.85. The Hall–Kier alpha value is -1.23. The van der Waals surface area contributed by atoms with Gasteiger partial charge in [0.2, 0.25) is 0 Å². The van der Waals surface area contributed by atoms with Gasteiger partial charge in [0.1, 0.15) is 0 Å². The number of pyridine rings is 1. The molecule has 1 heterocycles. The second-order valence-corrected chi connectivity index (χ2v) is 5.68. The van der Waals surface area contributed by atoms with Crippen LogP contribution in [0.15, 0.2) is 53.1 Å². The Kier molecular flexibility index (Phi) is 6.18. The molecule has 0 fully saturated rings. The molecule has 106 valence electrons. The van der Waals surface area contributed by atoms with Crippen molar-refractivity contribution in [1.82, 2.24) is 9.88 Å². The maximum atomic E-state index is 5.71. The zero-order valence-corrected chi connectivity index (χ0v) is 13.1. The maximum Gasteiger partial charge on any atom is 0.0544 e. The number of nitrogens with zero attached hydrogens (tertiary/aromatic N) is 2. The van der Waals surface area contributed by atoms with E-state index in [0.717, 1.165) is 36.2 Å². The molecule has 1 aromatic carbocycles. The summed E-state index contributed by atoms with van der Waals surface area (Å²) in [4.78, 5) is 6.78. The fraction of sp³-hybridized carbons (Fsp3) is 0.312. The molecule has 0 saturated heterocycles. The van der Waals surface area contributed by atoms with Crippen LogP contribution in [-0.4, -0.2) is 29.5 Å². The van der Waals surface area contributed by atoms with Gasteiger partial charge in [-0.25, -0.2) is 0 Å². The lowest BCUT2D eigenvalue weighted by Crippen LogP contribution is -2.31. The summed E-state index contributed by atoms with van der Waals surface area (Å²) in [5.41, 5.74) is 8.14. The average molecular weight is 334 g/mol. The largest absolute Gasteiger partial charge is 0.329 e. The molecule has 2 aromatic rings.